The van der Waals surface area contributed by atoms with Crippen LogP contribution >= 0.6 is 0 Å². The van der Waals surface area contributed by atoms with Gasteiger partial charge < -0.3 is 9.15 Å². The van der Waals surface area contributed by atoms with Crippen LogP contribution < -0.4 is 0 Å². The highest BCUT2D eigenvalue weighted by Crippen LogP contribution is 2.18. The van der Waals surface area contributed by atoms with E-state index in [-0.39, 0.29) is 5.76 Å². The van der Waals surface area contributed by atoms with Crippen LogP contribution in [-0.4, -0.2) is 27.8 Å². The third kappa shape index (κ3) is 2.35. The molecule has 0 atom stereocenters. The summed E-state index contributed by atoms with van der Waals surface area (Å²) in [5.41, 5.74) is 0.915. The van der Waals surface area contributed by atoms with E-state index in [2.05, 4.69) is 14.8 Å². The summed E-state index contributed by atoms with van der Waals surface area (Å²) in [6, 6.07) is 1.69. The second-order valence-electron chi connectivity index (χ2n) is 3.50. The summed E-state index contributed by atoms with van der Waals surface area (Å²) >= 11 is 0. The number of furan rings is 1. The van der Waals surface area contributed by atoms with Crippen molar-refractivity contribution in [2.75, 3.05) is 7.11 Å². The van der Waals surface area contributed by atoms with E-state index in [1.807, 2.05) is 6.92 Å². The molecule has 0 amide bonds. The Morgan fingerprint density at radius 1 is 1.59 bits per heavy atom. The van der Waals surface area contributed by atoms with E-state index < -0.39 is 5.97 Å². The Labute approximate surface area is 98.2 Å². The lowest BCUT2D eigenvalue weighted by molar-refractivity contribution is 0.0563. The minimum atomic E-state index is -0.468. The van der Waals surface area contributed by atoms with Crippen molar-refractivity contribution in [3.63, 3.8) is 0 Å². The van der Waals surface area contributed by atoms with Gasteiger partial charge in [0.2, 0.25) is 5.76 Å². The predicted molar refractivity (Wildman–Crippen MR) is 58.5 cm³/mol. The van der Waals surface area contributed by atoms with Crippen LogP contribution in [-0.2, 0) is 17.7 Å². The zero-order valence-electron chi connectivity index (χ0n) is 9.71. The fourth-order valence-electron chi connectivity index (χ4n) is 1.59. The van der Waals surface area contributed by atoms with Gasteiger partial charge in [-0.15, -0.1) is 0 Å². The number of carbonyl (C=O) groups excluding carboxylic acids is 1. The maximum Gasteiger partial charge on any atom is 0.373 e. The van der Waals surface area contributed by atoms with Crippen molar-refractivity contribution in [1.82, 2.24) is 14.8 Å². The summed E-state index contributed by atoms with van der Waals surface area (Å²) in [7, 11) is 1.33. The largest absolute Gasteiger partial charge is 0.463 e. The molecule has 90 valence electrons. The molecule has 0 N–H and O–H groups in total. The number of nitrogens with zero attached hydrogens (tertiary/aromatic N) is 3. The zero-order chi connectivity index (χ0) is 12.3. The quantitative estimate of drug-likeness (QED) is 0.746. The maximum atomic E-state index is 11.3. The van der Waals surface area contributed by atoms with Crippen LogP contribution in [0.4, 0.5) is 0 Å². The van der Waals surface area contributed by atoms with Crippen LogP contribution in [0.25, 0.3) is 0 Å². The van der Waals surface area contributed by atoms with Crippen LogP contribution in [0.15, 0.2) is 23.1 Å². The molecule has 6 heteroatoms. The maximum absolute atomic E-state index is 11.3. The number of aromatic nitrogens is 3. The fraction of sp³-hybridized carbons (Fsp3) is 0.364. The van der Waals surface area contributed by atoms with E-state index in [0.29, 0.717) is 13.0 Å². The minimum Gasteiger partial charge on any atom is -0.463 e. The number of aryl methyl sites for hydroxylation is 1. The van der Waals surface area contributed by atoms with Crippen molar-refractivity contribution in [2.24, 2.45) is 0 Å². The summed E-state index contributed by atoms with van der Waals surface area (Å²) in [6.07, 6.45) is 3.79. The monoisotopic (exact) mass is 235 g/mol. The van der Waals surface area contributed by atoms with Gasteiger partial charge in [-0.3, -0.25) is 0 Å². The van der Waals surface area contributed by atoms with E-state index in [9.17, 15) is 4.79 Å². The SMILES string of the molecule is CCc1oc(C(=O)OC)cc1Cn1cncn1. The first-order valence-electron chi connectivity index (χ1n) is 5.27. The van der Waals surface area contributed by atoms with Crippen LogP contribution in [0, 0.1) is 0 Å². The highest BCUT2D eigenvalue weighted by atomic mass is 16.5. The summed E-state index contributed by atoms with van der Waals surface area (Å²) in [5.74, 6) is 0.518. The molecule has 0 fully saturated rings. The highest BCUT2D eigenvalue weighted by Gasteiger charge is 2.16. The lowest BCUT2D eigenvalue weighted by Crippen LogP contribution is -2.01. The Morgan fingerprint density at radius 3 is 3.00 bits per heavy atom. The minimum absolute atomic E-state index is 0.222. The lowest BCUT2D eigenvalue weighted by Gasteiger charge is -1.99. The standard InChI is InChI=1S/C11H13N3O3/c1-3-9-8(5-14-7-12-6-13-14)4-10(17-9)11(15)16-2/h4,6-7H,3,5H2,1-2H3. The molecule has 0 radical (unpaired) electrons. The van der Waals surface area contributed by atoms with Crippen molar-refractivity contribution in [3.05, 3.63) is 35.8 Å². The van der Waals surface area contributed by atoms with Crippen LogP contribution in [0.3, 0.4) is 0 Å². The van der Waals surface area contributed by atoms with Crippen LogP contribution in [0.5, 0.6) is 0 Å². The van der Waals surface area contributed by atoms with Crippen LogP contribution in [0.1, 0.15) is 28.8 Å². The molecule has 0 saturated heterocycles. The molecule has 0 unspecified atom stereocenters. The van der Waals surface area contributed by atoms with Gasteiger partial charge in [0.15, 0.2) is 0 Å². The molecule has 6 nitrogen and oxygen atoms in total. The van der Waals surface area contributed by atoms with Gasteiger partial charge >= 0.3 is 5.97 Å². The van der Waals surface area contributed by atoms with Crippen molar-refractivity contribution in [1.29, 1.82) is 0 Å². The van der Waals surface area contributed by atoms with Gasteiger partial charge in [-0.1, -0.05) is 6.92 Å². The summed E-state index contributed by atoms with van der Waals surface area (Å²) < 4.78 is 11.7. The molecule has 2 aromatic heterocycles. The number of esters is 1. The van der Waals surface area contributed by atoms with Gasteiger partial charge in [0.1, 0.15) is 18.4 Å². The molecule has 0 saturated carbocycles. The molecular weight excluding hydrogens is 222 g/mol. The van der Waals surface area contributed by atoms with Crippen molar-refractivity contribution in [2.45, 2.75) is 19.9 Å². The highest BCUT2D eigenvalue weighted by molar-refractivity contribution is 5.86. The molecule has 0 aliphatic carbocycles. The number of rotatable bonds is 4. The first-order chi connectivity index (χ1) is 8.24. The summed E-state index contributed by atoms with van der Waals surface area (Å²) in [4.78, 5) is 15.2. The molecule has 2 rings (SSSR count). The predicted octanol–water partition coefficient (Wildman–Crippen LogP) is 1.27. The van der Waals surface area contributed by atoms with Gasteiger partial charge in [-0.25, -0.2) is 14.5 Å². The Bertz CT molecular complexity index is 502. The van der Waals surface area contributed by atoms with Gasteiger partial charge in [-0.05, 0) is 6.07 Å². The normalized spacial score (nSPS) is 10.5. The number of ether oxygens (including phenoxy) is 1. The average Bonchev–Trinajstić information content (AvgIpc) is 2.98. The van der Waals surface area contributed by atoms with E-state index in [1.165, 1.54) is 13.4 Å². The van der Waals surface area contributed by atoms with E-state index in [4.69, 9.17) is 4.42 Å². The topological polar surface area (TPSA) is 70.2 Å². The van der Waals surface area contributed by atoms with E-state index in [1.54, 1.807) is 17.1 Å². The molecule has 2 heterocycles. The van der Waals surface area contributed by atoms with Gasteiger partial charge in [0.05, 0.1) is 13.7 Å². The molecule has 0 aromatic carbocycles. The van der Waals surface area contributed by atoms with Crippen LogP contribution in [0.2, 0.25) is 0 Å². The smallest absolute Gasteiger partial charge is 0.373 e. The van der Waals surface area contributed by atoms with Crippen molar-refractivity contribution >= 4 is 5.97 Å². The molecule has 0 aliphatic rings. The molecule has 17 heavy (non-hydrogen) atoms. The third-order valence-corrected chi connectivity index (χ3v) is 2.40. The Morgan fingerprint density at radius 2 is 2.41 bits per heavy atom. The molecule has 0 bridgehead atoms. The molecular formula is C11H13N3O3. The summed E-state index contributed by atoms with van der Waals surface area (Å²) in [5, 5.41) is 4.01. The molecule has 0 aliphatic heterocycles. The van der Waals surface area contributed by atoms with Crippen molar-refractivity contribution in [3.8, 4) is 0 Å². The average molecular weight is 235 g/mol. The van der Waals surface area contributed by atoms with E-state index >= 15 is 0 Å². The van der Waals surface area contributed by atoms with Crippen molar-refractivity contribution < 1.29 is 13.9 Å². The van der Waals surface area contributed by atoms with Gasteiger partial charge in [-0.2, -0.15) is 5.10 Å². The molecule has 2 aromatic rings. The third-order valence-electron chi connectivity index (χ3n) is 2.40. The van der Waals surface area contributed by atoms with Gasteiger partial charge in [0.25, 0.3) is 0 Å². The zero-order valence-corrected chi connectivity index (χ0v) is 9.71. The Hall–Kier alpha value is -2.11. The number of carbonyl (C=O) groups is 1. The lowest BCUT2D eigenvalue weighted by atomic mass is 10.2. The fourth-order valence-corrected chi connectivity index (χ4v) is 1.59. The Balaban J connectivity index is 2.26. The van der Waals surface area contributed by atoms with E-state index in [0.717, 1.165) is 11.3 Å². The number of hydrogen-bond acceptors (Lipinski definition) is 5. The first kappa shape index (κ1) is 11.4. The molecule has 0 spiro atoms. The van der Waals surface area contributed by atoms with Gasteiger partial charge in [0, 0.05) is 12.0 Å². The second-order valence-corrected chi connectivity index (χ2v) is 3.50. The summed E-state index contributed by atoms with van der Waals surface area (Å²) in [6.45, 7) is 2.49. The number of methoxy groups -OCH3 is 1. The second kappa shape index (κ2) is 4.82. The number of hydrogen-bond donors (Lipinski definition) is 0. The first-order valence-corrected chi connectivity index (χ1v) is 5.27. The Kier molecular flexibility index (Phi) is 3.22.